The summed E-state index contributed by atoms with van der Waals surface area (Å²) in [5, 5.41) is 2.06. The number of rotatable bonds is 1. The Morgan fingerprint density at radius 1 is 1.75 bits per heavy atom. The molecular weight excluding hydrogens is 186 g/mol. The molecule has 0 spiro atoms. The van der Waals surface area contributed by atoms with Crippen LogP contribution in [0, 0.1) is 0 Å². The molecule has 0 aliphatic rings. The fourth-order valence-electron chi connectivity index (χ4n) is 0.499. The summed E-state index contributed by atoms with van der Waals surface area (Å²) in [5.74, 6) is 0. The van der Waals surface area contributed by atoms with Gasteiger partial charge in [0.1, 0.15) is 6.54 Å². The van der Waals surface area contributed by atoms with Gasteiger partial charge in [-0.15, -0.1) is 11.3 Å². The van der Waals surface area contributed by atoms with E-state index in [9.17, 15) is 0 Å². The molecular formula is C5H7BrNS+. The summed E-state index contributed by atoms with van der Waals surface area (Å²) in [6.07, 6.45) is 0. The third-order valence-electron chi connectivity index (χ3n) is 0.963. The Balaban J connectivity index is 2.92. The van der Waals surface area contributed by atoms with Crippen LogP contribution in [0.25, 0.3) is 0 Å². The SMILES string of the molecule is [NH3+]Cc1ccsc1Br. The summed E-state index contributed by atoms with van der Waals surface area (Å²) >= 11 is 5.11. The van der Waals surface area contributed by atoms with E-state index in [1.807, 2.05) is 0 Å². The molecule has 0 aliphatic heterocycles. The maximum absolute atomic E-state index is 3.77. The average Bonchev–Trinajstić information content (AvgIpc) is 2.14. The van der Waals surface area contributed by atoms with Crippen molar-refractivity contribution in [3.8, 4) is 0 Å². The van der Waals surface area contributed by atoms with Gasteiger partial charge in [0, 0.05) is 5.56 Å². The fourth-order valence-corrected chi connectivity index (χ4v) is 1.83. The Morgan fingerprint density at radius 3 is 2.75 bits per heavy atom. The molecule has 0 fully saturated rings. The largest absolute Gasteiger partial charge is 0.354 e. The Hall–Kier alpha value is 0.140. The predicted molar refractivity (Wildman–Crippen MR) is 38.6 cm³/mol. The number of hydrogen-bond donors (Lipinski definition) is 1. The second kappa shape index (κ2) is 2.62. The van der Waals surface area contributed by atoms with Crippen molar-refractivity contribution in [3.05, 3.63) is 20.8 Å². The van der Waals surface area contributed by atoms with Crippen LogP contribution in [-0.2, 0) is 6.54 Å². The highest BCUT2D eigenvalue weighted by Crippen LogP contribution is 2.21. The highest BCUT2D eigenvalue weighted by molar-refractivity contribution is 9.11. The number of thiophene rings is 1. The van der Waals surface area contributed by atoms with Crippen LogP contribution >= 0.6 is 27.3 Å². The Morgan fingerprint density at radius 2 is 2.50 bits per heavy atom. The summed E-state index contributed by atoms with van der Waals surface area (Å²) < 4.78 is 1.22. The van der Waals surface area contributed by atoms with Gasteiger partial charge in [-0.05, 0) is 27.4 Å². The second-order valence-electron chi connectivity index (χ2n) is 1.47. The first-order chi connectivity index (χ1) is 3.84. The molecule has 1 nitrogen and oxygen atoms in total. The van der Waals surface area contributed by atoms with E-state index in [1.54, 1.807) is 11.3 Å². The molecule has 0 radical (unpaired) electrons. The van der Waals surface area contributed by atoms with Crippen LogP contribution in [0.1, 0.15) is 5.56 Å². The molecule has 1 rings (SSSR count). The van der Waals surface area contributed by atoms with Gasteiger partial charge >= 0.3 is 0 Å². The molecule has 44 valence electrons. The molecule has 1 aromatic rings. The van der Waals surface area contributed by atoms with E-state index < -0.39 is 0 Å². The number of halogens is 1. The van der Waals surface area contributed by atoms with Crippen LogP contribution < -0.4 is 5.73 Å². The van der Waals surface area contributed by atoms with Crippen molar-refractivity contribution >= 4 is 27.3 Å². The van der Waals surface area contributed by atoms with Crippen molar-refractivity contribution in [2.75, 3.05) is 0 Å². The van der Waals surface area contributed by atoms with Crippen LogP contribution in [-0.4, -0.2) is 0 Å². The zero-order valence-electron chi connectivity index (χ0n) is 4.36. The molecule has 0 saturated carbocycles. The van der Waals surface area contributed by atoms with Crippen LogP contribution in [0.3, 0.4) is 0 Å². The Kier molecular flexibility index (Phi) is 2.05. The van der Waals surface area contributed by atoms with Gasteiger partial charge in [-0.3, -0.25) is 0 Å². The maximum Gasteiger partial charge on any atom is 0.102 e. The topological polar surface area (TPSA) is 27.6 Å². The van der Waals surface area contributed by atoms with Crippen molar-refractivity contribution in [1.82, 2.24) is 0 Å². The van der Waals surface area contributed by atoms with E-state index in [0.717, 1.165) is 6.54 Å². The molecule has 3 heteroatoms. The van der Waals surface area contributed by atoms with Crippen LogP contribution in [0.5, 0.6) is 0 Å². The first-order valence-electron chi connectivity index (χ1n) is 2.35. The normalized spacial score (nSPS) is 9.75. The summed E-state index contributed by atoms with van der Waals surface area (Å²) in [5.41, 5.74) is 5.07. The minimum absolute atomic E-state index is 0.879. The smallest absolute Gasteiger partial charge is 0.102 e. The molecule has 3 N–H and O–H groups in total. The molecule has 0 aliphatic carbocycles. The third-order valence-corrected chi connectivity index (χ3v) is 2.77. The predicted octanol–water partition coefficient (Wildman–Crippen LogP) is 1.25. The highest BCUT2D eigenvalue weighted by atomic mass is 79.9. The van der Waals surface area contributed by atoms with Gasteiger partial charge in [-0.25, -0.2) is 0 Å². The van der Waals surface area contributed by atoms with Gasteiger partial charge in [0.05, 0.1) is 3.79 Å². The highest BCUT2D eigenvalue weighted by Gasteiger charge is 1.97. The molecule has 1 heterocycles. The zero-order chi connectivity index (χ0) is 5.98. The lowest BCUT2D eigenvalue weighted by Crippen LogP contribution is -2.47. The van der Waals surface area contributed by atoms with Crippen LogP contribution in [0.15, 0.2) is 15.2 Å². The first-order valence-corrected chi connectivity index (χ1v) is 4.03. The van der Waals surface area contributed by atoms with Gasteiger partial charge in [0.2, 0.25) is 0 Å². The standard InChI is InChI=1S/C5H6BrNS/c6-5-4(3-7)1-2-8-5/h1-2H,3,7H2/p+1. The minimum Gasteiger partial charge on any atom is -0.354 e. The van der Waals surface area contributed by atoms with E-state index in [2.05, 4.69) is 33.1 Å². The second-order valence-corrected chi connectivity index (χ2v) is 3.70. The van der Waals surface area contributed by atoms with E-state index >= 15 is 0 Å². The summed E-state index contributed by atoms with van der Waals surface area (Å²) in [6.45, 7) is 0.879. The summed E-state index contributed by atoms with van der Waals surface area (Å²) in [6, 6.07) is 2.09. The molecule has 8 heavy (non-hydrogen) atoms. The molecule has 0 amide bonds. The molecule has 0 aromatic carbocycles. The van der Waals surface area contributed by atoms with Gasteiger partial charge < -0.3 is 5.73 Å². The van der Waals surface area contributed by atoms with Crippen molar-refractivity contribution in [3.63, 3.8) is 0 Å². The van der Waals surface area contributed by atoms with Crippen LogP contribution in [0.2, 0.25) is 0 Å². The van der Waals surface area contributed by atoms with Gasteiger partial charge in [-0.2, -0.15) is 0 Å². The average molecular weight is 193 g/mol. The summed E-state index contributed by atoms with van der Waals surface area (Å²) in [7, 11) is 0. The quantitative estimate of drug-likeness (QED) is 0.695. The van der Waals surface area contributed by atoms with Crippen molar-refractivity contribution in [2.24, 2.45) is 0 Å². The van der Waals surface area contributed by atoms with E-state index in [1.165, 1.54) is 9.35 Å². The number of quaternary nitrogens is 1. The van der Waals surface area contributed by atoms with Gasteiger partial charge in [0.15, 0.2) is 0 Å². The van der Waals surface area contributed by atoms with E-state index in [0.29, 0.717) is 0 Å². The van der Waals surface area contributed by atoms with Crippen LogP contribution in [0.4, 0.5) is 0 Å². The molecule has 0 unspecified atom stereocenters. The Labute approximate surface area is 60.6 Å². The van der Waals surface area contributed by atoms with Gasteiger partial charge in [-0.1, -0.05) is 0 Å². The molecule has 0 atom stereocenters. The summed E-state index contributed by atoms with van der Waals surface area (Å²) in [4.78, 5) is 0. The lowest BCUT2D eigenvalue weighted by Gasteiger charge is -1.83. The van der Waals surface area contributed by atoms with Crippen molar-refractivity contribution < 1.29 is 5.73 Å². The van der Waals surface area contributed by atoms with Crippen molar-refractivity contribution in [1.29, 1.82) is 0 Å². The van der Waals surface area contributed by atoms with E-state index in [4.69, 9.17) is 0 Å². The monoisotopic (exact) mass is 192 g/mol. The molecule has 0 saturated heterocycles. The lowest BCUT2D eigenvalue weighted by atomic mass is 10.4. The van der Waals surface area contributed by atoms with E-state index in [-0.39, 0.29) is 0 Å². The minimum atomic E-state index is 0.879. The van der Waals surface area contributed by atoms with Gasteiger partial charge in [0.25, 0.3) is 0 Å². The zero-order valence-corrected chi connectivity index (χ0v) is 6.76. The molecule has 1 aromatic heterocycles. The lowest BCUT2D eigenvalue weighted by molar-refractivity contribution is -0.386. The number of hydrogen-bond acceptors (Lipinski definition) is 1. The first kappa shape index (κ1) is 6.26. The maximum atomic E-state index is 3.77. The fraction of sp³-hybridized carbons (Fsp3) is 0.200. The third kappa shape index (κ3) is 1.10. The molecule has 0 bridgehead atoms. The van der Waals surface area contributed by atoms with Crippen molar-refractivity contribution in [2.45, 2.75) is 6.54 Å². The Bertz CT molecular complexity index is 173.